The highest BCUT2D eigenvalue weighted by Crippen LogP contribution is 2.07. The number of aliphatic carboxylic acids is 2. The lowest BCUT2D eigenvalue weighted by Crippen LogP contribution is -2.55. The van der Waals surface area contributed by atoms with Crippen LogP contribution < -0.4 is 27.8 Å². The average molecular weight is 402 g/mol. The highest BCUT2D eigenvalue weighted by molar-refractivity contribution is 5.92. The Morgan fingerprint density at radius 1 is 1.04 bits per heavy atom. The van der Waals surface area contributed by atoms with Crippen molar-refractivity contribution in [3.8, 4) is 0 Å². The smallest absolute Gasteiger partial charge is 0.326 e. The molecule has 0 bridgehead atoms. The van der Waals surface area contributed by atoms with Crippen molar-refractivity contribution in [3.05, 3.63) is 0 Å². The van der Waals surface area contributed by atoms with E-state index < -0.39 is 48.3 Å². The monoisotopic (exact) mass is 402 g/mol. The summed E-state index contributed by atoms with van der Waals surface area (Å²) < 4.78 is 0. The predicted octanol–water partition coefficient (Wildman–Crippen LogP) is -2.06. The lowest BCUT2D eigenvalue weighted by atomic mass is 9.98. The van der Waals surface area contributed by atoms with E-state index in [2.05, 4.69) is 15.6 Å². The normalized spacial score (nSPS) is 14.8. The fraction of sp³-hybridized carbons (Fsp3) is 0.688. The predicted molar refractivity (Wildman–Crippen MR) is 101 cm³/mol. The molecule has 0 heterocycles. The molecule has 28 heavy (non-hydrogen) atoms. The second kappa shape index (κ2) is 12.5. The van der Waals surface area contributed by atoms with Crippen molar-refractivity contribution in [1.82, 2.24) is 10.6 Å². The van der Waals surface area contributed by atoms with E-state index in [0.29, 0.717) is 12.8 Å². The number of carboxylic acid groups (broad SMARTS) is 2. The zero-order valence-electron chi connectivity index (χ0n) is 16.1. The van der Waals surface area contributed by atoms with Crippen LogP contribution in [0.25, 0.3) is 0 Å². The van der Waals surface area contributed by atoms with E-state index in [1.165, 1.54) is 0 Å². The van der Waals surface area contributed by atoms with Crippen molar-refractivity contribution < 1.29 is 29.4 Å². The topological polar surface area (TPSA) is 223 Å². The number of carboxylic acids is 2. The number of nitrogens with two attached hydrogens (primary N) is 3. The molecule has 4 unspecified atom stereocenters. The van der Waals surface area contributed by atoms with Gasteiger partial charge in [-0.2, -0.15) is 0 Å². The van der Waals surface area contributed by atoms with Gasteiger partial charge in [-0.25, -0.2) is 4.79 Å². The van der Waals surface area contributed by atoms with E-state index in [4.69, 9.17) is 27.4 Å². The maximum atomic E-state index is 12.5. The number of nitrogens with zero attached hydrogens (tertiary/aromatic N) is 1. The Bertz CT molecular complexity index is 592. The van der Waals surface area contributed by atoms with Gasteiger partial charge in [0.25, 0.3) is 0 Å². The summed E-state index contributed by atoms with van der Waals surface area (Å²) in [6.45, 7) is 3.84. The van der Waals surface area contributed by atoms with Crippen molar-refractivity contribution in [1.29, 1.82) is 0 Å². The number of rotatable bonds is 13. The van der Waals surface area contributed by atoms with E-state index in [1.807, 2.05) is 6.92 Å². The van der Waals surface area contributed by atoms with Crippen LogP contribution in [0.15, 0.2) is 4.99 Å². The molecule has 12 nitrogen and oxygen atoms in total. The SMILES string of the molecule is CCC(C)C(N)C(=O)NC(CCCN=C(N)N)C(=O)NC(CC(=O)O)C(=O)O. The molecule has 160 valence electrons. The number of carbonyl (C=O) groups is 4. The molecule has 0 aliphatic heterocycles. The van der Waals surface area contributed by atoms with Gasteiger partial charge in [-0.05, 0) is 18.8 Å². The minimum absolute atomic E-state index is 0.0982. The third-order valence-electron chi connectivity index (χ3n) is 4.13. The molecule has 0 radical (unpaired) electrons. The molecule has 0 aromatic rings. The zero-order valence-corrected chi connectivity index (χ0v) is 16.1. The standard InChI is InChI=1S/C16H30N6O6/c1-3-8(2)12(17)14(26)21-9(5-4-6-20-16(18)19)13(25)22-10(15(27)28)7-11(23)24/h8-10,12H,3-7,17H2,1-2H3,(H,21,26)(H,22,25)(H,23,24)(H,27,28)(H4,18,19,20). The van der Waals surface area contributed by atoms with Crippen molar-refractivity contribution in [3.63, 3.8) is 0 Å². The summed E-state index contributed by atoms with van der Waals surface area (Å²) in [5.74, 6) is -4.55. The molecule has 0 saturated carbocycles. The third kappa shape index (κ3) is 9.71. The number of hydrogen-bond acceptors (Lipinski definition) is 6. The Balaban J connectivity index is 5.19. The lowest BCUT2D eigenvalue weighted by Gasteiger charge is -2.24. The van der Waals surface area contributed by atoms with Gasteiger partial charge < -0.3 is 38.0 Å². The van der Waals surface area contributed by atoms with Crippen LogP contribution in [0, 0.1) is 5.92 Å². The maximum absolute atomic E-state index is 12.5. The van der Waals surface area contributed by atoms with E-state index in [-0.39, 0.29) is 24.8 Å². The highest BCUT2D eigenvalue weighted by Gasteiger charge is 2.29. The molecule has 10 N–H and O–H groups in total. The first kappa shape index (κ1) is 25.1. The maximum Gasteiger partial charge on any atom is 0.326 e. The number of guanidine groups is 1. The molecule has 4 atom stereocenters. The van der Waals surface area contributed by atoms with Crippen LogP contribution in [0.3, 0.4) is 0 Å². The molecule has 0 aliphatic rings. The van der Waals surface area contributed by atoms with Gasteiger partial charge in [-0.1, -0.05) is 20.3 Å². The molecule has 2 amide bonds. The van der Waals surface area contributed by atoms with Crippen LogP contribution in [-0.2, 0) is 19.2 Å². The molecule has 0 rings (SSSR count). The first-order chi connectivity index (χ1) is 13.0. The van der Waals surface area contributed by atoms with Crippen LogP contribution in [0.2, 0.25) is 0 Å². The Morgan fingerprint density at radius 2 is 1.61 bits per heavy atom. The Morgan fingerprint density at radius 3 is 2.07 bits per heavy atom. The quantitative estimate of drug-likeness (QED) is 0.102. The van der Waals surface area contributed by atoms with Crippen LogP contribution in [0.5, 0.6) is 0 Å². The van der Waals surface area contributed by atoms with Crippen LogP contribution in [-0.4, -0.2) is 64.6 Å². The fourth-order valence-electron chi connectivity index (χ4n) is 2.20. The molecule has 0 fully saturated rings. The second-order valence-electron chi connectivity index (χ2n) is 6.42. The summed E-state index contributed by atoms with van der Waals surface area (Å²) in [7, 11) is 0. The summed E-state index contributed by atoms with van der Waals surface area (Å²) >= 11 is 0. The van der Waals surface area contributed by atoms with Crippen LogP contribution in [0.1, 0.15) is 39.5 Å². The minimum atomic E-state index is -1.63. The number of carbonyl (C=O) groups excluding carboxylic acids is 2. The first-order valence-electron chi connectivity index (χ1n) is 8.85. The van der Waals surface area contributed by atoms with Crippen molar-refractivity contribution >= 4 is 29.7 Å². The van der Waals surface area contributed by atoms with Gasteiger partial charge in [0.15, 0.2) is 5.96 Å². The van der Waals surface area contributed by atoms with Crippen molar-refractivity contribution in [2.24, 2.45) is 28.1 Å². The molecule has 0 aliphatic carbocycles. The van der Waals surface area contributed by atoms with E-state index in [9.17, 15) is 19.2 Å². The van der Waals surface area contributed by atoms with Gasteiger partial charge in [-0.3, -0.25) is 19.4 Å². The van der Waals surface area contributed by atoms with E-state index in [0.717, 1.165) is 0 Å². The van der Waals surface area contributed by atoms with Crippen LogP contribution in [0.4, 0.5) is 0 Å². The average Bonchev–Trinajstić information content (AvgIpc) is 2.61. The second-order valence-corrected chi connectivity index (χ2v) is 6.42. The number of nitrogens with one attached hydrogen (secondary N) is 2. The molecule has 12 heteroatoms. The largest absolute Gasteiger partial charge is 0.481 e. The van der Waals surface area contributed by atoms with E-state index >= 15 is 0 Å². The fourth-order valence-corrected chi connectivity index (χ4v) is 2.20. The summed E-state index contributed by atoms with van der Waals surface area (Å²) in [6.07, 6.45) is 0.254. The summed E-state index contributed by atoms with van der Waals surface area (Å²) in [4.78, 5) is 50.5. The lowest BCUT2D eigenvalue weighted by molar-refractivity contribution is -0.147. The number of aliphatic imine (C=N–C) groups is 1. The summed E-state index contributed by atoms with van der Waals surface area (Å²) in [5.41, 5.74) is 16.3. The summed E-state index contributed by atoms with van der Waals surface area (Å²) in [5, 5.41) is 22.5. The van der Waals surface area contributed by atoms with Gasteiger partial charge in [0.05, 0.1) is 12.5 Å². The zero-order chi connectivity index (χ0) is 21.9. The minimum Gasteiger partial charge on any atom is -0.481 e. The molecule has 0 saturated heterocycles. The molecule has 0 spiro atoms. The molecule has 0 aromatic heterocycles. The van der Waals surface area contributed by atoms with Gasteiger partial charge in [-0.15, -0.1) is 0 Å². The van der Waals surface area contributed by atoms with Gasteiger partial charge in [0, 0.05) is 6.54 Å². The Kier molecular flexibility index (Phi) is 11.2. The van der Waals surface area contributed by atoms with E-state index in [1.54, 1.807) is 6.92 Å². The van der Waals surface area contributed by atoms with Gasteiger partial charge >= 0.3 is 11.9 Å². The molecule has 0 aromatic carbocycles. The number of hydrogen-bond donors (Lipinski definition) is 7. The Labute approximate surface area is 162 Å². The van der Waals surface area contributed by atoms with Crippen LogP contribution >= 0.6 is 0 Å². The highest BCUT2D eigenvalue weighted by atomic mass is 16.4. The molecular formula is C16H30N6O6. The van der Waals surface area contributed by atoms with Gasteiger partial charge in [0.1, 0.15) is 12.1 Å². The number of amides is 2. The van der Waals surface area contributed by atoms with Crippen molar-refractivity contribution in [2.75, 3.05) is 6.54 Å². The Hall–Kier alpha value is -2.89. The van der Waals surface area contributed by atoms with Crippen molar-refractivity contribution in [2.45, 2.75) is 57.7 Å². The van der Waals surface area contributed by atoms with Gasteiger partial charge in [0.2, 0.25) is 11.8 Å². The summed E-state index contributed by atoms with van der Waals surface area (Å²) in [6, 6.07) is -3.61. The molecular weight excluding hydrogens is 372 g/mol. The third-order valence-corrected chi connectivity index (χ3v) is 4.13. The first-order valence-corrected chi connectivity index (χ1v) is 8.85.